The monoisotopic (exact) mass is 421 g/mol. The zero-order valence-corrected chi connectivity index (χ0v) is 17.5. The number of rotatable bonds is 10. The van der Waals surface area contributed by atoms with Crippen molar-refractivity contribution in [3.8, 4) is 17.2 Å². The van der Waals surface area contributed by atoms with Gasteiger partial charge in [0.25, 0.3) is 0 Å². The number of nitrogens with zero attached hydrogens (tertiary/aromatic N) is 4. The fraction of sp³-hybridized carbons (Fsp3) is 0.316. The molecule has 0 bridgehead atoms. The molecule has 0 aliphatic rings. The van der Waals surface area contributed by atoms with E-state index in [1.807, 2.05) is 48.5 Å². The van der Waals surface area contributed by atoms with E-state index < -0.39 is 0 Å². The molecule has 9 heteroatoms. The molecule has 0 saturated heterocycles. The Hall–Kier alpha value is -2.29. The highest BCUT2D eigenvalue weighted by atomic mass is 35.5. The smallest absolute Gasteiger partial charge is 0.214 e. The summed E-state index contributed by atoms with van der Waals surface area (Å²) in [6.45, 7) is 1.62. The molecule has 0 spiro atoms. The zero-order valence-electron chi connectivity index (χ0n) is 15.9. The first-order valence-corrected chi connectivity index (χ1v) is 9.69. The number of nitrogens with one attached hydrogen (secondary N) is 1. The average molecular weight is 422 g/mol. The summed E-state index contributed by atoms with van der Waals surface area (Å²) in [7, 11) is 3.31. The molecule has 3 rings (SSSR count). The molecule has 150 valence electrons. The number of halogens is 1. The highest BCUT2D eigenvalue weighted by Crippen LogP contribution is 2.30. The van der Waals surface area contributed by atoms with E-state index in [0.717, 1.165) is 53.2 Å². The van der Waals surface area contributed by atoms with E-state index in [9.17, 15) is 0 Å². The van der Waals surface area contributed by atoms with Crippen LogP contribution < -0.4 is 14.8 Å². The van der Waals surface area contributed by atoms with Crippen molar-refractivity contribution in [1.29, 1.82) is 0 Å². The third kappa shape index (κ3) is 5.60. The molecule has 7 nitrogen and oxygen atoms in total. The molecule has 1 N–H and O–H groups in total. The number of benzene rings is 2. The minimum Gasteiger partial charge on any atom is -0.493 e. The maximum absolute atomic E-state index is 5.46. The van der Waals surface area contributed by atoms with E-state index >= 15 is 0 Å². The molecular weight excluding hydrogens is 398 g/mol. The number of methoxy groups -OCH3 is 2. The van der Waals surface area contributed by atoms with Gasteiger partial charge in [0.15, 0.2) is 11.5 Å². The number of ether oxygens (including phenoxy) is 2. The molecule has 0 saturated carbocycles. The molecule has 2 aromatic carbocycles. The zero-order chi connectivity index (χ0) is 18.9. The van der Waals surface area contributed by atoms with E-state index in [1.54, 1.807) is 30.7 Å². The van der Waals surface area contributed by atoms with Crippen LogP contribution in [0.5, 0.6) is 11.5 Å². The van der Waals surface area contributed by atoms with Gasteiger partial charge in [-0.2, -0.15) is 4.68 Å². The standard InChI is InChI=1S/C19H23N5O2S.ClH/c1-25-17-11-6-8-15(18(17)26-2)14-20-12-7-13-27-19-21-22-23-24(19)16-9-4-3-5-10-16;/h3-6,8-11,20H,7,12-14H2,1-2H3;1H. The lowest BCUT2D eigenvalue weighted by atomic mass is 10.2. The van der Waals surface area contributed by atoms with Crippen molar-refractivity contribution in [2.24, 2.45) is 0 Å². The number of aromatic nitrogens is 4. The number of thioether (sulfide) groups is 1. The summed E-state index contributed by atoms with van der Waals surface area (Å²) < 4.78 is 12.6. The summed E-state index contributed by atoms with van der Waals surface area (Å²) in [6.07, 6.45) is 0.999. The van der Waals surface area contributed by atoms with E-state index in [-0.39, 0.29) is 12.4 Å². The predicted octanol–water partition coefficient (Wildman–Crippen LogP) is 3.37. The first kappa shape index (κ1) is 22.0. The fourth-order valence-electron chi connectivity index (χ4n) is 2.68. The quantitative estimate of drug-likeness (QED) is 0.397. The second-order valence-corrected chi connectivity index (χ2v) is 6.80. The Morgan fingerprint density at radius 1 is 1.04 bits per heavy atom. The maximum Gasteiger partial charge on any atom is 0.214 e. The van der Waals surface area contributed by atoms with Crippen LogP contribution in [0.25, 0.3) is 5.69 Å². The molecule has 0 aliphatic carbocycles. The van der Waals surface area contributed by atoms with Crippen molar-refractivity contribution in [3.05, 3.63) is 54.1 Å². The van der Waals surface area contributed by atoms with Crippen LogP contribution in [0.4, 0.5) is 0 Å². The number of hydrogen-bond acceptors (Lipinski definition) is 7. The Bertz CT molecular complexity index is 847. The highest BCUT2D eigenvalue weighted by Gasteiger charge is 2.10. The van der Waals surface area contributed by atoms with Gasteiger partial charge in [0, 0.05) is 17.9 Å². The predicted molar refractivity (Wildman–Crippen MR) is 113 cm³/mol. The molecule has 28 heavy (non-hydrogen) atoms. The Morgan fingerprint density at radius 2 is 1.86 bits per heavy atom. The number of hydrogen-bond donors (Lipinski definition) is 1. The molecule has 3 aromatic rings. The molecule has 0 amide bonds. The second kappa shape index (κ2) is 11.5. The van der Waals surface area contributed by atoms with Crippen LogP contribution in [0.1, 0.15) is 12.0 Å². The lowest BCUT2D eigenvalue weighted by molar-refractivity contribution is 0.350. The van der Waals surface area contributed by atoms with Crippen LogP contribution >= 0.6 is 24.2 Å². The third-order valence-corrected chi connectivity index (χ3v) is 4.98. The summed E-state index contributed by atoms with van der Waals surface area (Å²) in [5.74, 6) is 2.46. The SMILES string of the molecule is COc1cccc(CNCCCSc2nnnn2-c2ccccc2)c1OC.Cl. The average Bonchev–Trinajstić information content (AvgIpc) is 3.19. The van der Waals surface area contributed by atoms with Crippen molar-refractivity contribution in [1.82, 2.24) is 25.5 Å². The molecule has 0 aliphatic heterocycles. The summed E-state index contributed by atoms with van der Waals surface area (Å²) in [6, 6.07) is 15.8. The van der Waals surface area contributed by atoms with Crippen molar-refractivity contribution in [3.63, 3.8) is 0 Å². The van der Waals surface area contributed by atoms with Crippen LogP contribution in [-0.4, -0.2) is 46.7 Å². The molecule has 1 heterocycles. The van der Waals surface area contributed by atoms with Gasteiger partial charge in [0.2, 0.25) is 5.16 Å². The van der Waals surface area contributed by atoms with Gasteiger partial charge in [0.1, 0.15) is 0 Å². The van der Waals surface area contributed by atoms with E-state index in [0.29, 0.717) is 0 Å². The third-order valence-electron chi connectivity index (χ3n) is 3.97. The van der Waals surface area contributed by atoms with Crippen molar-refractivity contribution in [2.45, 2.75) is 18.1 Å². The summed E-state index contributed by atoms with van der Waals surface area (Å²) in [5, 5.41) is 16.2. The van der Waals surface area contributed by atoms with Crippen molar-refractivity contribution in [2.75, 3.05) is 26.5 Å². The molecule has 1 aromatic heterocycles. The maximum atomic E-state index is 5.46. The van der Waals surface area contributed by atoms with Gasteiger partial charge in [-0.25, -0.2) is 0 Å². The molecule has 0 atom stereocenters. The largest absolute Gasteiger partial charge is 0.493 e. The van der Waals surface area contributed by atoms with Gasteiger partial charge >= 0.3 is 0 Å². The molecule has 0 fully saturated rings. The normalized spacial score (nSPS) is 10.4. The van der Waals surface area contributed by atoms with Crippen LogP contribution in [-0.2, 0) is 6.54 Å². The highest BCUT2D eigenvalue weighted by molar-refractivity contribution is 7.99. The Balaban J connectivity index is 0.00000280. The lowest BCUT2D eigenvalue weighted by Crippen LogP contribution is -2.16. The van der Waals surface area contributed by atoms with Crippen LogP contribution in [0.15, 0.2) is 53.7 Å². The van der Waals surface area contributed by atoms with Crippen LogP contribution in [0.3, 0.4) is 0 Å². The number of para-hydroxylation sites is 2. The minimum absolute atomic E-state index is 0. The second-order valence-electron chi connectivity index (χ2n) is 5.74. The molecular formula is C19H24ClN5O2S. The summed E-state index contributed by atoms with van der Waals surface area (Å²) in [5.41, 5.74) is 2.05. The first-order valence-electron chi connectivity index (χ1n) is 8.70. The Kier molecular flexibility index (Phi) is 9.06. The van der Waals surface area contributed by atoms with Crippen molar-refractivity contribution < 1.29 is 9.47 Å². The molecule has 0 radical (unpaired) electrons. The Labute approximate surface area is 175 Å². The van der Waals surface area contributed by atoms with Gasteiger partial charge in [-0.15, -0.1) is 17.5 Å². The van der Waals surface area contributed by atoms with Gasteiger partial charge in [-0.1, -0.05) is 42.1 Å². The van der Waals surface area contributed by atoms with Crippen molar-refractivity contribution >= 4 is 24.2 Å². The Morgan fingerprint density at radius 3 is 2.61 bits per heavy atom. The minimum atomic E-state index is 0. The fourth-order valence-corrected chi connectivity index (χ4v) is 3.51. The van der Waals surface area contributed by atoms with Gasteiger partial charge in [-0.3, -0.25) is 0 Å². The van der Waals surface area contributed by atoms with E-state index in [1.165, 1.54) is 0 Å². The van der Waals surface area contributed by atoms with Gasteiger partial charge < -0.3 is 14.8 Å². The number of tetrazole rings is 1. The summed E-state index contributed by atoms with van der Waals surface area (Å²) >= 11 is 1.65. The van der Waals surface area contributed by atoms with Gasteiger partial charge in [-0.05, 0) is 41.6 Å². The van der Waals surface area contributed by atoms with Crippen LogP contribution in [0, 0.1) is 0 Å². The summed E-state index contributed by atoms with van der Waals surface area (Å²) in [4.78, 5) is 0. The molecule has 0 unspecified atom stereocenters. The lowest BCUT2D eigenvalue weighted by Gasteiger charge is -2.13. The van der Waals surface area contributed by atoms with Crippen LogP contribution in [0.2, 0.25) is 0 Å². The van der Waals surface area contributed by atoms with E-state index in [4.69, 9.17) is 9.47 Å². The van der Waals surface area contributed by atoms with E-state index in [2.05, 4.69) is 20.8 Å². The topological polar surface area (TPSA) is 74.1 Å². The van der Waals surface area contributed by atoms with Gasteiger partial charge in [0.05, 0.1) is 19.9 Å². The first-order chi connectivity index (χ1) is 13.3.